The molecule has 0 unspecified atom stereocenters. The van der Waals surface area contributed by atoms with Gasteiger partial charge in [-0.15, -0.1) is 11.8 Å². The fourth-order valence-corrected chi connectivity index (χ4v) is 2.73. The molecule has 0 spiro atoms. The Morgan fingerprint density at radius 1 is 1.33 bits per heavy atom. The second kappa shape index (κ2) is 6.82. The zero-order valence-electron chi connectivity index (χ0n) is 11.1. The molecule has 0 aliphatic carbocycles. The maximum Gasteiger partial charge on any atom is 0.339 e. The molecule has 5 nitrogen and oxygen atoms in total. The molecule has 1 aromatic heterocycles. The third-order valence-corrected chi connectivity index (χ3v) is 4.29. The third-order valence-electron chi connectivity index (χ3n) is 2.75. The molecule has 21 heavy (non-hydrogen) atoms. The second-order valence-electron chi connectivity index (χ2n) is 4.30. The quantitative estimate of drug-likeness (QED) is 0.705. The zero-order chi connectivity index (χ0) is 15.4. The maximum atomic E-state index is 11.9. The second-order valence-corrected chi connectivity index (χ2v) is 6.26. The van der Waals surface area contributed by atoms with Crippen LogP contribution in [0.25, 0.3) is 0 Å². The average Bonchev–Trinajstić information content (AvgIpc) is 2.79. The van der Waals surface area contributed by atoms with E-state index in [0.717, 1.165) is 9.37 Å². The van der Waals surface area contributed by atoms with E-state index in [9.17, 15) is 9.59 Å². The van der Waals surface area contributed by atoms with E-state index in [-0.39, 0.29) is 17.2 Å². The minimum Gasteiger partial charge on any atom is -0.478 e. The molecule has 1 heterocycles. The number of nitrogens with one attached hydrogen (secondary N) is 2. The first-order chi connectivity index (χ1) is 9.97. The first-order valence-corrected chi connectivity index (χ1v) is 7.84. The van der Waals surface area contributed by atoms with Crippen LogP contribution in [0.3, 0.4) is 0 Å². The Hall–Kier alpha value is -1.73. The maximum absolute atomic E-state index is 11.9. The number of carboxylic acid groups (broad SMARTS) is 1. The number of rotatable bonds is 5. The molecule has 2 aromatic rings. The van der Waals surface area contributed by atoms with Crippen molar-refractivity contribution in [1.29, 1.82) is 0 Å². The molecule has 0 bridgehead atoms. The lowest BCUT2D eigenvalue weighted by molar-refractivity contribution is -0.113. The molecule has 7 heteroatoms. The molecule has 3 N–H and O–H groups in total. The van der Waals surface area contributed by atoms with Crippen molar-refractivity contribution in [2.45, 2.75) is 11.8 Å². The molecular formula is C14H13BrN2O3S. The Morgan fingerprint density at radius 3 is 2.62 bits per heavy atom. The molecular weight excluding hydrogens is 356 g/mol. The smallest absolute Gasteiger partial charge is 0.339 e. The summed E-state index contributed by atoms with van der Waals surface area (Å²) in [5.74, 6) is -1.10. The van der Waals surface area contributed by atoms with Crippen LogP contribution in [0.1, 0.15) is 16.1 Å². The molecule has 0 aliphatic rings. The summed E-state index contributed by atoms with van der Waals surface area (Å²) in [6.45, 7) is 1.65. The number of halogens is 1. The van der Waals surface area contributed by atoms with E-state index in [4.69, 9.17) is 5.11 Å². The van der Waals surface area contributed by atoms with Gasteiger partial charge in [-0.3, -0.25) is 4.79 Å². The third kappa shape index (κ3) is 4.12. The Balaban J connectivity index is 1.96. The van der Waals surface area contributed by atoms with Crippen molar-refractivity contribution >= 4 is 45.3 Å². The zero-order valence-corrected chi connectivity index (χ0v) is 13.5. The van der Waals surface area contributed by atoms with Crippen LogP contribution in [0, 0.1) is 6.92 Å². The number of aromatic amines is 1. The summed E-state index contributed by atoms with van der Waals surface area (Å²) in [5.41, 5.74) is 0.900. The van der Waals surface area contributed by atoms with E-state index in [1.807, 2.05) is 24.3 Å². The van der Waals surface area contributed by atoms with E-state index >= 15 is 0 Å². The van der Waals surface area contributed by atoms with Gasteiger partial charge in [-0.25, -0.2) is 4.79 Å². The molecule has 0 aliphatic heterocycles. The molecule has 110 valence electrons. The lowest BCUT2D eigenvalue weighted by atomic mass is 10.2. The van der Waals surface area contributed by atoms with E-state index in [2.05, 4.69) is 26.2 Å². The van der Waals surface area contributed by atoms with Crippen molar-refractivity contribution in [2.24, 2.45) is 0 Å². The largest absolute Gasteiger partial charge is 0.478 e. The van der Waals surface area contributed by atoms with Gasteiger partial charge in [0.1, 0.15) is 5.56 Å². The molecule has 0 fully saturated rings. The van der Waals surface area contributed by atoms with Crippen molar-refractivity contribution < 1.29 is 14.7 Å². The number of carbonyl (C=O) groups is 2. The van der Waals surface area contributed by atoms with Crippen LogP contribution in [-0.2, 0) is 4.79 Å². The van der Waals surface area contributed by atoms with Crippen molar-refractivity contribution in [1.82, 2.24) is 4.98 Å². The van der Waals surface area contributed by atoms with Crippen molar-refractivity contribution in [2.75, 3.05) is 11.1 Å². The lowest BCUT2D eigenvalue weighted by Gasteiger charge is -2.05. The lowest BCUT2D eigenvalue weighted by Crippen LogP contribution is -2.15. The number of aryl methyl sites for hydroxylation is 1. The number of amides is 1. The van der Waals surface area contributed by atoms with Gasteiger partial charge in [0.25, 0.3) is 0 Å². The van der Waals surface area contributed by atoms with E-state index in [0.29, 0.717) is 11.4 Å². The minimum atomic E-state index is -1.07. The van der Waals surface area contributed by atoms with Gasteiger partial charge < -0.3 is 15.4 Å². The Bertz CT molecular complexity index is 667. The molecule has 0 atom stereocenters. The Kier molecular flexibility index (Phi) is 5.08. The Morgan fingerprint density at radius 2 is 2.00 bits per heavy atom. The van der Waals surface area contributed by atoms with Gasteiger partial charge in [0.05, 0.1) is 11.4 Å². The standard InChI is InChI=1S/C14H13BrN2O3S/c1-8-13(14(19)20)11(6-16-8)17-12(18)7-21-10-4-2-9(15)3-5-10/h2-6,16H,7H2,1H3,(H,17,18)(H,19,20). The van der Waals surface area contributed by atoms with Crippen LogP contribution < -0.4 is 5.32 Å². The van der Waals surface area contributed by atoms with Crippen LogP contribution in [0.4, 0.5) is 5.69 Å². The topological polar surface area (TPSA) is 82.2 Å². The minimum absolute atomic E-state index is 0.0944. The molecule has 1 aromatic carbocycles. The fraction of sp³-hybridized carbons (Fsp3) is 0.143. The summed E-state index contributed by atoms with van der Waals surface area (Å²) in [4.78, 5) is 26.8. The number of aromatic nitrogens is 1. The molecule has 1 amide bonds. The van der Waals surface area contributed by atoms with Crippen molar-refractivity contribution in [3.63, 3.8) is 0 Å². The summed E-state index contributed by atoms with van der Waals surface area (Å²) in [6, 6.07) is 7.62. The van der Waals surface area contributed by atoms with Gasteiger partial charge in [0.2, 0.25) is 5.91 Å². The van der Waals surface area contributed by atoms with Gasteiger partial charge in [0, 0.05) is 21.3 Å². The Labute approximate surface area is 134 Å². The monoisotopic (exact) mass is 368 g/mol. The van der Waals surface area contributed by atoms with Crippen molar-refractivity contribution in [3.8, 4) is 0 Å². The number of carboxylic acids is 1. The van der Waals surface area contributed by atoms with Crippen LogP contribution in [0.5, 0.6) is 0 Å². The van der Waals surface area contributed by atoms with Crippen LogP contribution in [0.15, 0.2) is 39.8 Å². The summed E-state index contributed by atoms with van der Waals surface area (Å²) >= 11 is 4.73. The summed E-state index contributed by atoms with van der Waals surface area (Å²) < 4.78 is 0.977. The first-order valence-electron chi connectivity index (χ1n) is 6.07. The van der Waals surface area contributed by atoms with E-state index < -0.39 is 5.97 Å². The highest BCUT2D eigenvalue weighted by Gasteiger charge is 2.17. The summed E-state index contributed by atoms with van der Waals surface area (Å²) in [6.07, 6.45) is 1.49. The molecule has 2 rings (SSSR count). The predicted octanol–water partition coefficient (Wildman–Crippen LogP) is 3.51. The number of thioether (sulfide) groups is 1. The highest BCUT2D eigenvalue weighted by Crippen LogP contribution is 2.22. The summed E-state index contributed by atoms with van der Waals surface area (Å²) in [7, 11) is 0. The highest BCUT2D eigenvalue weighted by atomic mass is 79.9. The van der Waals surface area contributed by atoms with E-state index in [1.54, 1.807) is 6.92 Å². The predicted molar refractivity (Wildman–Crippen MR) is 86.0 cm³/mol. The van der Waals surface area contributed by atoms with Crippen LogP contribution in [0.2, 0.25) is 0 Å². The molecule has 0 saturated heterocycles. The molecule has 0 radical (unpaired) electrons. The van der Waals surface area contributed by atoms with Crippen molar-refractivity contribution in [3.05, 3.63) is 46.2 Å². The van der Waals surface area contributed by atoms with Crippen LogP contribution in [-0.4, -0.2) is 27.7 Å². The SMILES string of the molecule is Cc1[nH]cc(NC(=O)CSc2ccc(Br)cc2)c1C(=O)O. The first kappa shape index (κ1) is 15.7. The average molecular weight is 369 g/mol. The van der Waals surface area contributed by atoms with Gasteiger partial charge in [0.15, 0.2) is 0 Å². The number of aromatic carboxylic acids is 1. The summed E-state index contributed by atoms with van der Waals surface area (Å²) in [5, 5.41) is 11.7. The number of H-pyrrole nitrogens is 1. The fourth-order valence-electron chi connectivity index (χ4n) is 1.77. The number of hydrogen-bond acceptors (Lipinski definition) is 3. The van der Waals surface area contributed by atoms with Gasteiger partial charge in [-0.2, -0.15) is 0 Å². The number of benzene rings is 1. The van der Waals surface area contributed by atoms with Gasteiger partial charge in [-0.1, -0.05) is 15.9 Å². The van der Waals surface area contributed by atoms with Gasteiger partial charge in [-0.05, 0) is 31.2 Å². The van der Waals surface area contributed by atoms with Gasteiger partial charge >= 0.3 is 5.97 Å². The van der Waals surface area contributed by atoms with Crippen LogP contribution >= 0.6 is 27.7 Å². The number of anilines is 1. The normalized spacial score (nSPS) is 10.4. The highest BCUT2D eigenvalue weighted by molar-refractivity contribution is 9.10. The van der Waals surface area contributed by atoms with E-state index in [1.165, 1.54) is 18.0 Å². The number of carbonyl (C=O) groups excluding carboxylic acids is 1. The number of hydrogen-bond donors (Lipinski definition) is 3. The molecule has 0 saturated carbocycles.